The predicted octanol–water partition coefficient (Wildman–Crippen LogP) is 3.11. The third-order valence-electron chi connectivity index (χ3n) is 2.62. The zero-order valence-corrected chi connectivity index (χ0v) is 11.1. The molecule has 0 spiro atoms. The van der Waals surface area contributed by atoms with Gasteiger partial charge < -0.3 is 9.84 Å². The van der Waals surface area contributed by atoms with Crippen molar-refractivity contribution in [2.45, 2.75) is 13.5 Å². The molecule has 0 unspecified atom stereocenters. The Kier molecular flexibility index (Phi) is 3.24. The average molecular weight is 272 g/mol. The standard InChI is InChI=1S/C13H12N4OS/c1-9-2-4-10(5-3-9)14-6-12-16-13(17-18-12)11-7-19-8-15-11/h2-5,7-8,14H,6H2,1H3. The summed E-state index contributed by atoms with van der Waals surface area (Å²) in [4.78, 5) is 8.43. The molecule has 0 radical (unpaired) electrons. The monoisotopic (exact) mass is 272 g/mol. The summed E-state index contributed by atoms with van der Waals surface area (Å²) in [5, 5.41) is 9.03. The largest absolute Gasteiger partial charge is 0.376 e. The smallest absolute Gasteiger partial charge is 0.246 e. The van der Waals surface area contributed by atoms with Crippen LogP contribution in [-0.2, 0) is 6.54 Å². The maximum absolute atomic E-state index is 5.17. The van der Waals surface area contributed by atoms with Crippen molar-refractivity contribution >= 4 is 17.0 Å². The molecule has 1 aromatic carbocycles. The number of aromatic nitrogens is 3. The van der Waals surface area contributed by atoms with Crippen LogP contribution in [0, 0.1) is 6.92 Å². The summed E-state index contributed by atoms with van der Waals surface area (Å²) >= 11 is 1.51. The summed E-state index contributed by atoms with van der Waals surface area (Å²) in [6.45, 7) is 2.56. The molecule has 3 rings (SSSR count). The van der Waals surface area contributed by atoms with Gasteiger partial charge in [0.2, 0.25) is 11.7 Å². The lowest BCUT2D eigenvalue weighted by Crippen LogP contribution is -1.99. The van der Waals surface area contributed by atoms with Crippen molar-refractivity contribution in [3.05, 3.63) is 46.6 Å². The molecule has 0 atom stereocenters. The van der Waals surface area contributed by atoms with Gasteiger partial charge in [0, 0.05) is 11.1 Å². The second-order valence-corrected chi connectivity index (χ2v) is 4.82. The Hall–Kier alpha value is -2.21. The number of benzene rings is 1. The minimum atomic E-state index is 0.500. The summed E-state index contributed by atoms with van der Waals surface area (Å²) in [6.07, 6.45) is 0. The van der Waals surface area contributed by atoms with Crippen LogP contribution in [0.2, 0.25) is 0 Å². The third-order valence-corrected chi connectivity index (χ3v) is 3.21. The third kappa shape index (κ3) is 2.79. The van der Waals surface area contributed by atoms with E-state index in [0.29, 0.717) is 18.3 Å². The van der Waals surface area contributed by atoms with Crippen molar-refractivity contribution in [2.24, 2.45) is 0 Å². The summed E-state index contributed by atoms with van der Waals surface area (Å²) in [5.41, 5.74) is 4.75. The van der Waals surface area contributed by atoms with Gasteiger partial charge in [-0.25, -0.2) is 4.98 Å². The van der Waals surface area contributed by atoms with Crippen molar-refractivity contribution < 1.29 is 4.52 Å². The fraction of sp³-hybridized carbons (Fsp3) is 0.154. The van der Waals surface area contributed by atoms with E-state index in [4.69, 9.17) is 4.52 Å². The van der Waals surface area contributed by atoms with Crippen LogP contribution in [0.3, 0.4) is 0 Å². The van der Waals surface area contributed by atoms with Crippen LogP contribution in [0.5, 0.6) is 0 Å². The van der Waals surface area contributed by atoms with Crippen molar-refractivity contribution in [1.82, 2.24) is 15.1 Å². The van der Waals surface area contributed by atoms with E-state index < -0.39 is 0 Å². The number of rotatable bonds is 4. The van der Waals surface area contributed by atoms with E-state index in [0.717, 1.165) is 11.4 Å². The van der Waals surface area contributed by atoms with E-state index in [1.54, 1.807) is 5.51 Å². The molecule has 0 saturated carbocycles. The topological polar surface area (TPSA) is 63.8 Å². The summed E-state index contributed by atoms with van der Waals surface area (Å²) in [7, 11) is 0. The molecule has 0 fully saturated rings. The summed E-state index contributed by atoms with van der Waals surface area (Å²) in [5.74, 6) is 1.07. The molecule has 19 heavy (non-hydrogen) atoms. The van der Waals surface area contributed by atoms with E-state index in [2.05, 4.69) is 39.5 Å². The van der Waals surface area contributed by atoms with Crippen LogP contribution >= 0.6 is 11.3 Å². The van der Waals surface area contributed by atoms with E-state index in [9.17, 15) is 0 Å². The SMILES string of the molecule is Cc1ccc(NCc2nc(-c3cscn3)no2)cc1. The molecule has 5 nitrogen and oxygen atoms in total. The van der Waals surface area contributed by atoms with E-state index >= 15 is 0 Å². The van der Waals surface area contributed by atoms with Crippen LogP contribution in [0.25, 0.3) is 11.5 Å². The van der Waals surface area contributed by atoms with Crippen molar-refractivity contribution in [3.63, 3.8) is 0 Å². The number of hydrogen-bond donors (Lipinski definition) is 1. The van der Waals surface area contributed by atoms with Gasteiger partial charge in [0.05, 0.1) is 12.1 Å². The minimum absolute atomic E-state index is 0.500. The maximum Gasteiger partial charge on any atom is 0.246 e. The Morgan fingerprint density at radius 3 is 2.84 bits per heavy atom. The number of nitrogens with one attached hydrogen (secondary N) is 1. The molecule has 0 aliphatic rings. The molecule has 6 heteroatoms. The number of thiazole rings is 1. The molecule has 96 valence electrons. The van der Waals surface area contributed by atoms with Gasteiger partial charge in [0.25, 0.3) is 0 Å². The lowest BCUT2D eigenvalue weighted by Gasteiger charge is -2.02. The normalized spacial score (nSPS) is 10.6. The quantitative estimate of drug-likeness (QED) is 0.790. The van der Waals surface area contributed by atoms with Gasteiger partial charge >= 0.3 is 0 Å². The van der Waals surface area contributed by atoms with Gasteiger partial charge in [-0.3, -0.25) is 0 Å². The van der Waals surface area contributed by atoms with Crippen LogP contribution in [0.15, 0.2) is 39.7 Å². The van der Waals surface area contributed by atoms with E-state index in [1.165, 1.54) is 16.9 Å². The zero-order valence-electron chi connectivity index (χ0n) is 10.3. The second kappa shape index (κ2) is 5.19. The van der Waals surface area contributed by atoms with Gasteiger partial charge in [-0.05, 0) is 19.1 Å². The second-order valence-electron chi connectivity index (χ2n) is 4.10. The Morgan fingerprint density at radius 2 is 2.11 bits per heavy atom. The van der Waals surface area contributed by atoms with Crippen molar-refractivity contribution in [3.8, 4) is 11.5 Å². The first-order valence-corrected chi connectivity index (χ1v) is 6.77. The first-order valence-electron chi connectivity index (χ1n) is 5.83. The van der Waals surface area contributed by atoms with Crippen molar-refractivity contribution in [1.29, 1.82) is 0 Å². The molecular formula is C13H12N4OS. The number of anilines is 1. The lowest BCUT2D eigenvalue weighted by atomic mass is 10.2. The Balaban J connectivity index is 1.66. The molecule has 0 amide bonds. The molecule has 0 aliphatic heterocycles. The number of aryl methyl sites for hydroxylation is 1. The zero-order chi connectivity index (χ0) is 13.1. The molecule has 0 saturated heterocycles. The van der Waals surface area contributed by atoms with Gasteiger partial charge in [0.15, 0.2) is 0 Å². The van der Waals surface area contributed by atoms with Crippen LogP contribution in [-0.4, -0.2) is 15.1 Å². The number of hydrogen-bond acceptors (Lipinski definition) is 6. The molecule has 2 heterocycles. The number of nitrogens with zero attached hydrogens (tertiary/aromatic N) is 3. The summed E-state index contributed by atoms with van der Waals surface area (Å²) in [6, 6.07) is 8.15. The first-order chi connectivity index (χ1) is 9.31. The van der Waals surface area contributed by atoms with Gasteiger partial charge in [-0.1, -0.05) is 22.9 Å². The van der Waals surface area contributed by atoms with Gasteiger partial charge in [-0.2, -0.15) is 4.98 Å². The molecule has 0 aliphatic carbocycles. The van der Waals surface area contributed by atoms with Crippen LogP contribution in [0.4, 0.5) is 5.69 Å². The Labute approximate surface area is 114 Å². The summed E-state index contributed by atoms with van der Waals surface area (Å²) < 4.78 is 5.17. The molecule has 3 aromatic rings. The van der Waals surface area contributed by atoms with Crippen LogP contribution in [0.1, 0.15) is 11.5 Å². The molecule has 2 aromatic heterocycles. The highest BCUT2D eigenvalue weighted by atomic mass is 32.1. The Morgan fingerprint density at radius 1 is 1.26 bits per heavy atom. The predicted molar refractivity (Wildman–Crippen MR) is 73.9 cm³/mol. The average Bonchev–Trinajstić information content (AvgIpc) is 3.09. The van der Waals surface area contributed by atoms with E-state index in [-0.39, 0.29) is 0 Å². The fourth-order valence-corrected chi connectivity index (χ4v) is 2.13. The van der Waals surface area contributed by atoms with Crippen molar-refractivity contribution in [2.75, 3.05) is 5.32 Å². The lowest BCUT2D eigenvalue weighted by molar-refractivity contribution is 0.384. The van der Waals surface area contributed by atoms with Crippen LogP contribution < -0.4 is 5.32 Å². The molecular weight excluding hydrogens is 260 g/mol. The van der Waals surface area contributed by atoms with Gasteiger partial charge in [0.1, 0.15) is 5.69 Å². The Bertz CT molecular complexity index is 646. The minimum Gasteiger partial charge on any atom is -0.376 e. The molecule has 0 bridgehead atoms. The maximum atomic E-state index is 5.17. The molecule has 1 N–H and O–H groups in total. The highest BCUT2D eigenvalue weighted by molar-refractivity contribution is 7.07. The highest BCUT2D eigenvalue weighted by Gasteiger charge is 2.09. The highest BCUT2D eigenvalue weighted by Crippen LogP contribution is 2.16. The van der Waals surface area contributed by atoms with Gasteiger partial charge in [-0.15, -0.1) is 11.3 Å². The fourth-order valence-electron chi connectivity index (χ4n) is 1.60. The first kappa shape index (κ1) is 11.9. The van der Waals surface area contributed by atoms with E-state index in [1.807, 2.05) is 17.5 Å².